The summed E-state index contributed by atoms with van der Waals surface area (Å²) in [6.45, 7) is 2.57. The average Bonchev–Trinajstić information content (AvgIpc) is 3.13. The second-order valence-electron chi connectivity index (χ2n) is 14.4. The van der Waals surface area contributed by atoms with E-state index in [2.05, 4.69) is 12.2 Å². The van der Waals surface area contributed by atoms with Crippen molar-refractivity contribution in [3.63, 3.8) is 0 Å². The fourth-order valence-electron chi connectivity index (χ4n) is 6.68. The van der Waals surface area contributed by atoms with Crippen LogP contribution in [0.4, 0.5) is 0 Å². The van der Waals surface area contributed by atoms with Gasteiger partial charge in [-0.3, -0.25) is 4.79 Å². The Kier molecular flexibility index (Phi) is 24.2. The van der Waals surface area contributed by atoms with Crippen LogP contribution < -0.4 is 5.32 Å². The molecule has 14 nitrogen and oxygen atoms in total. The number of aliphatic hydroxyl groups excluding tert-OH is 8. The third kappa shape index (κ3) is 16.5. The van der Waals surface area contributed by atoms with Crippen LogP contribution in [-0.4, -0.2) is 140 Å². The van der Waals surface area contributed by atoms with Gasteiger partial charge in [0.25, 0.3) is 0 Å². The van der Waals surface area contributed by atoms with Crippen molar-refractivity contribution in [2.24, 2.45) is 0 Å². The van der Waals surface area contributed by atoms with Gasteiger partial charge >= 0.3 is 0 Å². The van der Waals surface area contributed by atoms with Crippen LogP contribution in [0.2, 0.25) is 0 Å². The van der Waals surface area contributed by atoms with Gasteiger partial charge in [-0.15, -0.1) is 0 Å². The van der Waals surface area contributed by atoms with Gasteiger partial charge in [-0.1, -0.05) is 117 Å². The molecule has 51 heavy (non-hydrogen) atoms. The van der Waals surface area contributed by atoms with E-state index in [9.17, 15) is 45.6 Å². The fraction of sp³-hybridized carbons (Fsp3) is 0.973. The van der Waals surface area contributed by atoms with Crippen LogP contribution in [0.5, 0.6) is 0 Å². The van der Waals surface area contributed by atoms with E-state index in [0.717, 1.165) is 32.1 Å². The van der Waals surface area contributed by atoms with E-state index < -0.39 is 86.8 Å². The number of ether oxygens (including phenoxy) is 4. The Morgan fingerprint density at radius 2 is 1.12 bits per heavy atom. The van der Waals surface area contributed by atoms with E-state index in [0.29, 0.717) is 12.8 Å². The zero-order valence-corrected chi connectivity index (χ0v) is 31.1. The predicted octanol–water partition coefficient (Wildman–Crippen LogP) is 1.92. The van der Waals surface area contributed by atoms with Gasteiger partial charge in [0, 0.05) is 6.42 Å². The van der Waals surface area contributed by atoms with Gasteiger partial charge in [0.2, 0.25) is 5.91 Å². The van der Waals surface area contributed by atoms with Gasteiger partial charge in [0.1, 0.15) is 48.8 Å². The van der Waals surface area contributed by atoms with Crippen LogP contribution in [0, 0.1) is 0 Å². The molecule has 302 valence electrons. The Balaban J connectivity index is 1.81. The normalized spacial score (nSPS) is 31.0. The predicted molar refractivity (Wildman–Crippen MR) is 189 cm³/mol. The molecule has 0 aromatic heterocycles. The first-order chi connectivity index (χ1) is 24.6. The van der Waals surface area contributed by atoms with E-state index in [4.69, 9.17) is 18.9 Å². The molecule has 0 aromatic rings. The Morgan fingerprint density at radius 3 is 1.65 bits per heavy atom. The maximum atomic E-state index is 12.6. The molecule has 2 heterocycles. The molecule has 0 bridgehead atoms. The molecule has 12 unspecified atom stereocenters. The third-order valence-electron chi connectivity index (χ3n) is 10.1. The Hall–Kier alpha value is -1.01. The Bertz CT molecular complexity index is 883. The molecule has 2 aliphatic rings. The van der Waals surface area contributed by atoms with Crippen LogP contribution in [0.3, 0.4) is 0 Å². The smallest absolute Gasteiger partial charge is 0.220 e. The molecule has 2 saturated heterocycles. The number of unbranched alkanes of at least 4 members (excludes halogenated alkanes) is 15. The molecule has 9 N–H and O–H groups in total. The zero-order valence-electron chi connectivity index (χ0n) is 31.1. The number of rotatable bonds is 28. The first-order valence-electron chi connectivity index (χ1n) is 19.8. The van der Waals surface area contributed by atoms with E-state index in [-0.39, 0.29) is 18.9 Å². The molecule has 1 amide bonds. The van der Waals surface area contributed by atoms with Crippen molar-refractivity contribution in [3.8, 4) is 0 Å². The van der Waals surface area contributed by atoms with Crippen molar-refractivity contribution in [1.82, 2.24) is 5.32 Å². The van der Waals surface area contributed by atoms with E-state index in [1.165, 1.54) is 70.6 Å². The van der Waals surface area contributed by atoms with Crippen molar-refractivity contribution in [2.75, 3.05) is 19.8 Å². The summed E-state index contributed by atoms with van der Waals surface area (Å²) in [4.78, 5) is 12.6. The second kappa shape index (κ2) is 26.7. The van der Waals surface area contributed by atoms with E-state index in [1.54, 1.807) is 0 Å². The first kappa shape index (κ1) is 46.1. The quantitative estimate of drug-likeness (QED) is 0.0524. The molecule has 0 aliphatic carbocycles. The minimum Gasteiger partial charge on any atom is -0.394 e. The monoisotopic (exact) mass is 737 g/mol. The minimum atomic E-state index is -1.77. The van der Waals surface area contributed by atoms with Gasteiger partial charge in [0.05, 0.1) is 32.0 Å². The highest BCUT2D eigenvalue weighted by Gasteiger charge is 2.50. The van der Waals surface area contributed by atoms with Crippen LogP contribution in [0.25, 0.3) is 0 Å². The molecule has 0 spiro atoms. The summed E-state index contributed by atoms with van der Waals surface area (Å²) < 4.78 is 22.4. The SMILES string of the molecule is CCCCCCCCCCCCCCCCCC(O)C(COC1OC(CO)C(OC2OC(CO)C(O)C(O)C2O)C(O)C1O)NC(=O)CCCC. The highest BCUT2D eigenvalue weighted by atomic mass is 16.7. The zero-order chi connectivity index (χ0) is 37.6. The standard InChI is InChI=1S/C37H71NO13/c1-3-5-7-8-9-10-11-12-13-14-15-16-17-18-19-20-26(41)25(38-29(42)21-6-4-2)24-48-36-34(47)32(45)35(28(23-40)50-36)51-37-33(46)31(44)30(43)27(22-39)49-37/h25-28,30-37,39-41,43-47H,3-24H2,1-2H3,(H,38,42). The van der Waals surface area contributed by atoms with Crippen LogP contribution >= 0.6 is 0 Å². The lowest BCUT2D eigenvalue weighted by Gasteiger charge is -2.46. The third-order valence-corrected chi connectivity index (χ3v) is 10.1. The summed E-state index contributed by atoms with van der Waals surface area (Å²) in [5.74, 6) is -0.243. The fourth-order valence-corrected chi connectivity index (χ4v) is 6.68. The lowest BCUT2D eigenvalue weighted by molar-refractivity contribution is -0.359. The molecule has 2 rings (SSSR count). The van der Waals surface area contributed by atoms with Crippen LogP contribution in [0.1, 0.15) is 136 Å². The number of hydrogen-bond donors (Lipinski definition) is 9. The summed E-state index contributed by atoms with van der Waals surface area (Å²) in [5.41, 5.74) is 0. The van der Waals surface area contributed by atoms with Crippen LogP contribution in [0.15, 0.2) is 0 Å². The first-order valence-corrected chi connectivity index (χ1v) is 19.8. The highest BCUT2D eigenvalue weighted by molar-refractivity contribution is 5.76. The number of carbonyl (C=O) groups excluding carboxylic acids is 1. The molecule has 0 saturated carbocycles. The lowest BCUT2D eigenvalue weighted by Crippen LogP contribution is -2.65. The van der Waals surface area contributed by atoms with Crippen molar-refractivity contribution in [3.05, 3.63) is 0 Å². The number of aliphatic hydroxyl groups is 8. The number of nitrogens with one attached hydrogen (secondary N) is 1. The van der Waals surface area contributed by atoms with Crippen molar-refractivity contribution in [1.29, 1.82) is 0 Å². The molecule has 2 aliphatic heterocycles. The topological polar surface area (TPSA) is 228 Å². The van der Waals surface area contributed by atoms with E-state index in [1.807, 2.05) is 6.92 Å². The number of amides is 1. The largest absolute Gasteiger partial charge is 0.394 e. The molecule has 14 heteroatoms. The molecular formula is C37H71NO13. The van der Waals surface area contributed by atoms with Crippen molar-refractivity contribution in [2.45, 2.75) is 209 Å². The van der Waals surface area contributed by atoms with Gasteiger partial charge in [0.15, 0.2) is 12.6 Å². The number of carbonyl (C=O) groups is 1. The highest BCUT2D eigenvalue weighted by Crippen LogP contribution is 2.30. The molecule has 0 radical (unpaired) electrons. The van der Waals surface area contributed by atoms with Gasteiger partial charge in [-0.05, 0) is 12.8 Å². The van der Waals surface area contributed by atoms with Crippen molar-refractivity contribution < 1.29 is 64.6 Å². The summed E-state index contributed by atoms with van der Waals surface area (Å²) in [7, 11) is 0. The molecule has 0 aromatic carbocycles. The van der Waals surface area contributed by atoms with Gasteiger partial charge < -0.3 is 65.1 Å². The maximum absolute atomic E-state index is 12.6. The second-order valence-corrected chi connectivity index (χ2v) is 14.4. The van der Waals surface area contributed by atoms with Crippen LogP contribution in [-0.2, 0) is 23.7 Å². The molecule has 2 fully saturated rings. The summed E-state index contributed by atoms with van der Waals surface area (Å²) in [6.07, 6.45) is 4.00. The summed E-state index contributed by atoms with van der Waals surface area (Å²) >= 11 is 0. The van der Waals surface area contributed by atoms with Crippen molar-refractivity contribution >= 4 is 5.91 Å². The molecular weight excluding hydrogens is 666 g/mol. The van der Waals surface area contributed by atoms with E-state index >= 15 is 0 Å². The average molecular weight is 738 g/mol. The maximum Gasteiger partial charge on any atom is 0.220 e. The summed E-state index contributed by atoms with van der Waals surface area (Å²) in [6, 6.07) is -0.815. The minimum absolute atomic E-state index is 0.243. The van der Waals surface area contributed by atoms with Gasteiger partial charge in [-0.2, -0.15) is 0 Å². The number of hydrogen-bond acceptors (Lipinski definition) is 13. The Labute approximate surface area is 304 Å². The lowest BCUT2D eigenvalue weighted by atomic mass is 9.97. The van der Waals surface area contributed by atoms with Gasteiger partial charge in [-0.25, -0.2) is 0 Å². The summed E-state index contributed by atoms with van der Waals surface area (Å²) in [5, 5.41) is 85.6. The Morgan fingerprint density at radius 1 is 0.627 bits per heavy atom. The molecule has 12 atom stereocenters.